The molecule has 1 aromatic rings. The fraction of sp³-hybridized carbons (Fsp3) is 0.556. The van der Waals surface area contributed by atoms with Crippen molar-refractivity contribution in [2.24, 2.45) is 10.9 Å². The summed E-state index contributed by atoms with van der Waals surface area (Å²) in [5.41, 5.74) is -0.624. The van der Waals surface area contributed by atoms with Crippen LogP contribution in [0.15, 0.2) is 35.3 Å². The van der Waals surface area contributed by atoms with Gasteiger partial charge < -0.3 is 10.0 Å². The summed E-state index contributed by atoms with van der Waals surface area (Å²) in [4.78, 5) is 19.3. The molecule has 22 heavy (non-hydrogen) atoms. The van der Waals surface area contributed by atoms with E-state index >= 15 is 0 Å². The Bertz CT molecular complexity index is 564. The molecule has 1 aromatic carbocycles. The topological polar surface area (TPSA) is 52.9 Å². The zero-order chi connectivity index (χ0) is 15.6. The number of aliphatic hydroxyl groups is 1. The van der Waals surface area contributed by atoms with Crippen molar-refractivity contribution in [2.45, 2.75) is 38.2 Å². The number of carbonyl (C=O) groups is 1. The number of amidine groups is 1. The minimum Gasteiger partial charge on any atom is -0.377 e. The van der Waals surface area contributed by atoms with Gasteiger partial charge in [-0.3, -0.25) is 9.79 Å². The van der Waals surface area contributed by atoms with E-state index in [4.69, 9.17) is 0 Å². The molecule has 1 aliphatic carbocycles. The van der Waals surface area contributed by atoms with Gasteiger partial charge in [0.15, 0.2) is 11.4 Å². The van der Waals surface area contributed by atoms with Crippen molar-refractivity contribution in [1.29, 1.82) is 0 Å². The van der Waals surface area contributed by atoms with Crippen LogP contribution in [0.4, 0.5) is 0 Å². The van der Waals surface area contributed by atoms with Crippen molar-refractivity contribution in [3.63, 3.8) is 0 Å². The zero-order valence-electron chi connectivity index (χ0n) is 13.2. The molecule has 0 bridgehead atoms. The van der Waals surface area contributed by atoms with Crippen molar-refractivity contribution in [3.8, 4) is 0 Å². The summed E-state index contributed by atoms with van der Waals surface area (Å²) in [5.74, 6) is 0.833. The highest BCUT2D eigenvalue weighted by atomic mass is 16.3. The van der Waals surface area contributed by atoms with Crippen LogP contribution in [-0.2, 0) is 10.4 Å². The molecule has 1 aliphatic heterocycles. The molecule has 0 aromatic heterocycles. The lowest BCUT2D eigenvalue weighted by Crippen LogP contribution is -2.48. The maximum atomic E-state index is 13.0. The first kappa shape index (κ1) is 15.2. The highest BCUT2D eigenvalue weighted by molar-refractivity contribution is 5.94. The lowest BCUT2D eigenvalue weighted by Gasteiger charge is -2.34. The molecule has 0 spiro atoms. The fourth-order valence-electron chi connectivity index (χ4n) is 3.74. The quantitative estimate of drug-likeness (QED) is 0.908. The Morgan fingerprint density at radius 1 is 1.32 bits per heavy atom. The number of hydrogen-bond acceptors (Lipinski definition) is 4. The maximum absolute atomic E-state index is 13.0. The molecule has 4 nitrogen and oxygen atoms in total. The maximum Gasteiger partial charge on any atom is 0.188 e. The Morgan fingerprint density at radius 2 is 2.00 bits per heavy atom. The number of hydrogen-bond donors (Lipinski definition) is 1. The minimum atomic E-state index is -1.36. The highest BCUT2D eigenvalue weighted by Gasteiger charge is 2.46. The first-order valence-electron chi connectivity index (χ1n) is 8.19. The Balaban J connectivity index is 1.88. The first-order chi connectivity index (χ1) is 10.6. The third-order valence-corrected chi connectivity index (χ3v) is 5.09. The molecule has 1 fully saturated rings. The third kappa shape index (κ3) is 2.68. The van der Waals surface area contributed by atoms with Crippen LogP contribution in [0, 0.1) is 5.92 Å². The summed E-state index contributed by atoms with van der Waals surface area (Å²) in [7, 11) is 0. The largest absolute Gasteiger partial charge is 0.377 e. The molecule has 3 rings (SSSR count). The average molecular weight is 300 g/mol. The van der Waals surface area contributed by atoms with E-state index in [0.29, 0.717) is 0 Å². The van der Waals surface area contributed by atoms with Gasteiger partial charge in [-0.25, -0.2) is 0 Å². The molecule has 1 heterocycles. The summed E-state index contributed by atoms with van der Waals surface area (Å²) in [6, 6.07) is 9.46. The SMILES string of the molecule is CC1=NCCN1CC(=O)C(O)(c1ccccc1)C1CCCC1. The van der Waals surface area contributed by atoms with E-state index < -0.39 is 5.60 Å². The number of nitrogens with zero attached hydrogens (tertiary/aromatic N) is 2. The van der Waals surface area contributed by atoms with Gasteiger partial charge in [0.05, 0.1) is 18.9 Å². The monoisotopic (exact) mass is 300 g/mol. The van der Waals surface area contributed by atoms with E-state index in [1.165, 1.54) is 0 Å². The number of rotatable bonds is 5. The van der Waals surface area contributed by atoms with Crippen LogP contribution < -0.4 is 0 Å². The number of aliphatic imine (C=N–C) groups is 1. The van der Waals surface area contributed by atoms with Gasteiger partial charge in [-0.2, -0.15) is 0 Å². The van der Waals surface area contributed by atoms with Gasteiger partial charge in [-0.05, 0) is 31.2 Å². The predicted octanol–water partition coefficient (Wildman–Crippen LogP) is 2.37. The second kappa shape index (κ2) is 6.21. The third-order valence-electron chi connectivity index (χ3n) is 5.09. The standard InChI is InChI=1S/C18H24N2O2/c1-14-19-11-12-20(14)13-17(21)18(22,16-9-5-6-10-16)15-7-3-2-4-8-15/h2-4,7-8,16,22H,5-6,9-13H2,1H3. The van der Waals surface area contributed by atoms with Crippen LogP contribution in [-0.4, -0.2) is 41.3 Å². The second-order valence-corrected chi connectivity index (χ2v) is 6.39. The number of carbonyl (C=O) groups excluding carboxylic acids is 1. The Morgan fingerprint density at radius 3 is 2.59 bits per heavy atom. The van der Waals surface area contributed by atoms with Crippen LogP contribution in [0.5, 0.6) is 0 Å². The van der Waals surface area contributed by atoms with Crippen LogP contribution in [0.25, 0.3) is 0 Å². The van der Waals surface area contributed by atoms with Gasteiger partial charge in [-0.15, -0.1) is 0 Å². The molecular weight excluding hydrogens is 276 g/mol. The lowest BCUT2D eigenvalue weighted by molar-refractivity contribution is -0.145. The van der Waals surface area contributed by atoms with E-state index in [9.17, 15) is 9.90 Å². The predicted molar refractivity (Wildman–Crippen MR) is 86.9 cm³/mol. The van der Waals surface area contributed by atoms with E-state index in [-0.39, 0.29) is 18.2 Å². The Labute approximate surface area is 131 Å². The van der Waals surface area contributed by atoms with Gasteiger partial charge in [0.1, 0.15) is 0 Å². The Kier molecular flexibility index (Phi) is 4.30. The fourth-order valence-corrected chi connectivity index (χ4v) is 3.74. The normalized spacial score (nSPS) is 21.7. The van der Waals surface area contributed by atoms with Gasteiger partial charge in [-0.1, -0.05) is 43.2 Å². The molecule has 4 heteroatoms. The Hall–Kier alpha value is -1.68. The van der Waals surface area contributed by atoms with E-state index in [1.54, 1.807) is 0 Å². The number of Topliss-reactive ketones (excluding diaryl/α,β-unsaturated/α-hetero) is 1. The summed E-state index contributed by atoms with van der Waals surface area (Å²) >= 11 is 0. The van der Waals surface area contributed by atoms with E-state index in [1.807, 2.05) is 42.2 Å². The van der Waals surface area contributed by atoms with Crippen LogP contribution >= 0.6 is 0 Å². The summed E-state index contributed by atoms with van der Waals surface area (Å²) < 4.78 is 0. The smallest absolute Gasteiger partial charge is 0.188 e. The molecule has 1 unspecified atom stereocenters. The lowest BCUT2D eigenvalue weighted by atomic mass is 9.77. The van der Waals surface area contributed by atoms with Crippen LogP contribution in [0.3, 0.4) is 0 Å². The van der Waals surface area contributed by atoms with Crippen LogP contribution in [0.2, 0.25) is 0 Å². The summed E-state index contributed by atoms with van der Waals surface area (Å²) in [6.07, 6.45) is 4.03. The number of ketones is 1. The number of benzene rings is 1. The van der Waals surface area contributed by atoms with Gasteiger partial charge in [0.2, 0.25) is 0 Å². The summed E-state index contributed by atoms with van der Waals surface area (Å²) in [6.45, 7) is 3.69. The van der Waals surface area contributed by atoms with Gasteiger partial charge >= 0.3 is 0 Å². The highest BCUT2D eigenvalue weighted by Crippen LogP contribution is 2.41. The molecule has 0 radical (unpaired) electrons. The van der Waals surface area contributed by atoms with Crippen molar-refractivity contribution >= 4 is 11.6 Å². The molecule has 0 saturated heterocycles. The van der Waals surface area contributed by atoms with E-state index in [2.05, 4.69) is 4.99 Å². The molecule has 1 N–H and O–H groups in total. The molecule has 2 aliphatic rings. The average Bonchev–Trinajstić information content (AvgIpc) is 3.20. The van der Waals surface area contributed by atoms with Gasteiger partial charge in [0, 0.05) is 6.54 Å². The molecule has 118 valence electrons. The molecule has 1 atom stereocenters. The van der Waals surface area contributed by atoms with E-state index in [0.717, 1.165) is 50.2 Å². The zero-order valence-corrected chi connectivity index (χ0v) is 13.2. The second-order valence-electron chi connectivity index (χ2n) is 6.39. The summed E-state index contributed by atoms with van der Waals surface area (Å²) in [5, 5.41) is 11.4. The van der Waals surface area contributed by atoms with Crippen LogP contribution in [0.1, 0.15) is 38.2 Å². The first-order valence-corrected chi connectivity index (χ1v) is 8.19. The van der Waals surface area contributed by atoms with Crippen molar-refractivity contribution in [1.82, 2.24) is 4.90 Å². The van der Waals surface area contributed by atoms with Gasteiger partial charge in [0.25, 0.3) is 0 Å². The minimum absolute atomic E-state index is 0.0299. The van der Waals surface area contributed by atoms with Crippen molar-refractivity contribution in [2.75, 3.05) is 19.6 Å². The van der Waals surface area contributed by atoms with Crippen molar-refractivity contribution in [3.05, 3.63) is 35.9 Å². The molecule has 0 amide bonds. The molecule has 1 saturated carbocycles. The van der Waals surface area contributed by atoms with Crippen molar-refractivity contribution < 1.29 is 9.90 Å². The molecular formula is C18H24N2O2.